The Morgan fingerprint density at radius 1 is 1.35 bits per heavy atom. The third-order valence-corrected chi connectivity index (χ3v) is 3.50. The van der Waals surface area contributed by atoms with Gasteiger partial charge in [-0.15, -0.1) is 0 Å². The van der Waals surface area contributed by atoms with Crippen LogP contribution in [0.4, 0.5) is 5.82 Å². The van der Waals surface area contributed by atoms with Gasteiger partial charge in [-0.05, 0) is 29.3 Å². The fourth-order valence-electron chi connectivity index (χ4n) is 2.01. The molecule has 0 aliphatic heterocycles. The number of anilines is 1. The molecule has 0 aliphatic rings. The summed E-state index contributed by atoms with van der Waals surface area (Å²) in [5, 5.41) is 0.611. The summed E-state index contributed by atoms with van der Waals surface area (Å²) in [6.45, 7) is 1.10. The van der Waals surface area contributed by atoms with Crippen molar-refractivity contribution in [1.82, 2.24) is 4.98 Å². The van der Waals surface area contributed by atoms with Crippen molar-refractivity contribution in [3.63, 3.8) is 0 Å². The molecule has 2 rings (SSSR count). The van der Waals surface area contributed by atoms with Gasteiger partial charge in [0.1, 0.15) is 11.6 Å². The Hall–Kier alpha value is -1.78. The first-order chi connectivity index (χ1) is 9.65. The van der Waals surface area contributed by atoms with E-state index in [1.807, 2.05) is 42.3 Å². The van der Waals surface area contributed by atoms with Crippen LogP contribution in [0.3, 0.4) is 0 Å². The molecule has 0 radical (unpaired) electrons. The molecule has 0 saturated carbocycles. The van der Waals surface area contributed by atoms with Crippen molar-refractivity contribution in [3.05, 3.63) is 52.7 Å². The number of hydrogen-bond acceptors (Lipinski definition) is 4. The van der Waals surface area contributed by atoms with Crippen LogP contribution < -0.4 is 15.4 Å². The summed E-state index contributed by atoms with van der Waals surface area (Å²) in [4.78, 5) is 6.33. The molecule has 0 fully saturated rings. The highest BCUT2D eigenvalue weighted by Crippen LogP contribution is 2.27. The van der Waals surface area contributed by atoms with Gasteiger partial charge in [0, 0.05) is 26.3 Å². The van der Waals surface area contributed by atoms with Gasteiger partial charge in [0.15, 0.2) is 0 Å². The van der Waals surface area contributed by atoms with E-state index < -0.39 is 0 Å². The predicted molar refractivity (Wildman–Crippen MR) is 82.2 cm³/mol. The van der Waals surface area contributed by atoms with Crippen LogP contribution in [0.5, 0.6) is 5.75 Å². The zero-order chi connectivity index (χ0) is 14.5. The normalized spacial score (nSPS) is 10.4. The largest absolute Gasteiger partial charge is 0.497 e. The number of rotatable bonds is 5. The zero-order valence-corrected chi connectivity index (χ0v) is 12.4. The van der Waals surface area contributed by atoms with E-state index in [0.717, 1.165) is 22.7 Å². The SMILES string of the molecule is COc1cccc(CN(C)c2nccc(CN)c2Cl)c1. The molecule has 0 amide bonds. The van der Waals surface area contributed by atoms with Gasteiger partial charge in [-0.1, -0.05) is 23.7 Å². The Labute approximate surface area is 124 Å². The molecule has 5 heteroatoms. The zero-order valence-electron chi connectivity index (χ0n) is 11.6. The number of aromatic nitrogens is 1. The number of pyridine rings is 1. The first kappa shape index (κ1) is 14.6. The molecular weight excluding hydrogens is 274 g/mol. The Balaban J connectivity index is 2.21. The van der Waals surface area contributed by atoms with E-state index in [9.17, 15) is 0 Å². The minimum Gasteiger partial charge on any atom is -0.497 e. The average Bonchev–Trinajstić information content (AvgIpc) is 2.47. The summed E-state index contributed by atoms with van der Waals surface area (Å²) >= 11 is 6.32. The van der Waals surface area contributed by atoms with E-state index in [1.165, 1.54) is 0 Å². The van der Waals surface area contributed by atoms with Crippen LogP contribution in [0.15, 0.2) is 36.5 Å². The highest BCUT2D eigenvalue weighted by atomic mass is 35.5. The van der Waals surface area contributed by atoms with E-state index in [4.69, 9.17) is 22.1 Å². The summed E-state index contributed by atoms with van der Waals surface area (Å²) < 4.78 is 5.23. The van der Waals surface area contributed by atoms with Gasteiger partial charge in [0.25, 0.3) is 0 Å². The van der Waals surface area contributed by atoms with Gasteiger partial charge in [-0.3, -0.25) is 0 Å². The van der Waals surface area contributed by atoms with E-state index in [-0.39, 0.29) is 0 Å². The second-order valence-electron chi connectivity index (χ2n) is 4.52. The fourth-order valence-corrected chi connectivity index (χ4v) is 2.35. The maximum Gasteiger partial charge on any atom is 0.147 e. The van der Waals surface area contributed by atoms with Gasteiger partial charge >= 0.3 is 0 Å². The number of nitrogens with two attached hydrogens (primary N) is 1. The van der Waals surface area contributed by atoms with Crippen molar-refractivity contribution in [1.29, 1.82) is 0 Å². The van der Waals surface area contributed by atoms with Crippen molar-refractivity contribution in [2.75, 3.05) is 19.1 Å². The molecule has 0 spiro atoms. The van der Waals surface area contributed by atoms with Crippen molar-refractivity contribution < 1.29 is 4.74 Å². The Morgan fingerprint density at radius 3 is 2.85 bits per heavy atom. The summed E-state index contributed by atoms with van der Waals surface area (Å²) in [6.07, 6.45) is 1.73. The quantitative estimate of drug-likeness (QED) is 0.920. The molecule has 0 aliphatic carbocycles. The minimum atomic E-state index is 0.404. The lowest BCUT2D eigenvalue weighted by atomic mass is 10.2. The van der Waals surface area contributed by atoms with Crippen molar-refractivity contribution in [2.24, 2.45) is 5.73 Å². The average molecular weight is 292 g/mol. The maximum atomic E-state index is 6.32. The standard InChI is InChI=1S/C15H18ClN3O/c1-19(10-11-4-3-5-13(8-11)20-2)15-14(16)12(9-17)6-7-18-15/h3-8H,9-10,17H2,1-2H3. The molecule has 1 aromatic heterocycles. The second kappa shape index (κ2) is 6.59. The molecule has 0 saturated heterocycles. The van der Waals surface area contributed by atoms with Gasteiger partial charge in [0.2, 0.25) is 0 Å². The lowest BCUT2D eigenvalue weighted by molar-refractivity contribution is 0.414. The van der Waals surface area contributed by atoms with Gasteiger partial charge in [-0.2, -0.15) is 0 Å². The second-order valence-corrected chi connectivity index (χ2v) is 4.90. The smallest absolute Gasteiger partial charge is 0.147 e. The van der Waals surface area contributed by atoms with Gasteiger partial charge in [0.05, 0.1) is 12.1 Å². The maximum absolute atomic E-state index is 6.32. The summed E-state index contributed by atoms with van der Waals surface area (Å²) in [7, 11) is 3.61. The van der Waals surface area contributed by atoms with Crippen LogP contribution in [-0.2, 0) is 13.1 Å². The third kappa shape index (κ3) is 3.21. The van der Waals surface area contributed by atoms with Crippen molar-refractivity contribution >= 4 is 17.4 Å². The third-order valence-electron chi connectivity index (χ3n) is 3.09. The van der Waals surface area contributed by atoms with Crippen LogP contribution in [0.2, 0.25) is 5.02 Å². The van der Waals surface area contributed by atoms with Gasteiger partial charge in [-0.25, -0.2) is 4.98 Å². The van der Waals surface area contributed by atoms with E-state index in [2.05, 4.69) is 4.98 Å². The molecule has 1 aromatic carbocycles. The van der Waals surface area contributed by atoms with Crippen LogP contribution >= 0.6 is 11.6 Å². The van der Waals surface area contributed by atoms with Crippen molar-refractivity contribution in [2.45, 2.75) is 13.1 Å². The lowest BCUT2D eigenvalue weighted by Gasteiger charge is -2.20. The van der Waals surface area contributed by atoms with E-state index in [1.54, 1.807) is 13.3 Å². The Bertz CT molecular complexity index is 589. The molecule has 2 N–H and O–H groups in total. The van der Waals surface area contributed by atoms with E-state index in [0.29, 0.717) is 18.1 Å². The predicted octanol–water partition coefficient (Wildman–Crippen LogP) is 2.84. The number of benzene rings is 1. The van der Waals surface area contributed by atoms with Crippen LogP contribution in [0.25, 0.3) is 0 Å². The minimum absolute atomic E-state index is 0.404. The monoisotopic (exact) mass is 291 g/mol. The molecule has 106 valence electrons. The number of ether oxygens (including phenoxy) is 1. The number of methoxy groups -OCH3 is 1. The molecule has 0 bridgehead atoms. The number of nitrogens with zero attached hydrogens (tertiary/aromatic N) is 2. The van der Waals surface area contributed by atoms with Crippen LogP contribution in [0.1, 0.15) is 11.1 Å². The van der Waals surface area contributed by atoms with Crippen molar-refractivity contribution in [3.8, 4) is 5.75 Å². The molecule has 0 atom stereocenters. The molecule has 20 heavy (non-hydrogen) atoms. The number of halogens is 1. The molecule has 4 nitrogen and oxygen atoms in total. The molecule has 2 aromatic rings. The highest BCUT2D eigenvalue weighted by molar-refractivity contribution is 6.33. The van der Waals surface area contributed by atoms with E-state index >= 15 is 0 Å². The van der Waals surface area contributed by atoms with Gasteiger partial charge < -0.3 is 15.4 Å². The summed E-state index contributed by atoms with van der Waals surface area (Å²) in [6, 6.07) is 9.76. The summed E-state index contributed by atoms with van der Waals surface area (Å²) in [5.74, 6) is 1.57. The first-order valence-electron chi connectivity index (χ1n) is 6.33. The topological polar surface area (TPSA) is 51.4 Å². The van der Waals surface area contributed by atoms with Crippen LogP contribution in [-0.4, -0.2) is 19.1 Å². The van der Waals surface area contributed by atoms with Crippen LogP contribution in [0, 0.1) is 0 Å². The Kier molecular flexibility index (Phi) is 4.82. The number of hydrogen-bond donors (Lipinski definition) is 1. The fraction of sp³-hybridized carbons (Fsp3) is 0.267. The Morgan fingerprint density at radius 2 is 2.15 bits per heavy atom. The molecule has 0 unspecified atom stereocenters. The molecular formula is C15H18ClN3O. The molecule has 1 heterocycles. The highest BCUT2D eigenvalue weighted by Gasteiger charge is 2.11. The first-order valence-corrected chi connectivity index (χ1v) is 6.71. The lowest BCUT2D eigenvalue weighted by Crippen LogP contribution is -2.18. The summed E-state index contributed by atoms with van der Waals surface area (Å²) in [5.41, 5.74) is 7.69.